The molecule has 1 fully saturated rings. The van der Waals surface area contributed by atoms with Gasteiger partial charge in [0.1, 0.15) is 0 Å². The first-order chi connectivity index (χ1) is 16.8. The number of anilines is 2. The topological polar surface area (TPSA) is 47.6 Å². The fraction of sp³-hybridized carbons (Fsp3) is 0.200. The molecule has 0 aromatic heterocycles. The maximum absolute atomic E-state index is 12.5. The SMILES string of the molecule is O=C(NC(=S)Nc1ccc(N2CCN(Cc3ccccc3Cl)CC2)c(Cl)c1)c1cc(I)ccc1Cl. The standard InChI is InChI=1S/C25H22Cl3IN4OS/c26-20-4-2-1-3-16(20)15-32-9-11-33(12-10-32)23-8-6-18(14-22(23)28)30-25(35)31-24(34)19-13-17(29)5-7-21(19)27/h1-8,13-14H,9-12,15H2,(H2,30,31,34,35). The number of amides is 1. The Morgan fingerprint density at radius 3 is 2.37 bits per heavy atom. The van der Waals surface area contributed by atoms with Crippen molar-refractivity contribution in [2.24, 2.45) is 0 Å². The van der Waals surface area contributed by atoms with Gasteiger partial charge in [-0.05, 0) is 82.8 Å². The van der Waals surface area contributed by atoms with Crippen molar-refractivity contribution in [1.29, 1.82) is 0 Å². The lowest BCUT2D eigenvalue weighted by molar-refractivity contribution is 0.0978. The largest absolute Gasteiger partial charge is 0.368 e. The number of piperazine rings is 1. The molecule has 2 N–H and O–H groups in total. The lowest BCUT2D eigenvalue weighted by Crippen LogP contribution is -2.46. The first-order valence-corrected chi connectivity index (χ1v) is 13.5. The summed E-state index contributed by atoms with van der Waals surface area (Å²) in [4.78, 5) is 17.2. The Morgan fingerprint density at radius 2 is 1.66 bits per heavy atom. The zero-order valence-electron chi connectivity index (χ0n) is 18.5. The summed E-state index contributed by atoms with van der Waals surface area (Å²) in [5.74, 6) is -0.372. The van der Waals surface area contributed by atoms with E-state index in [1.807, 2.05) is 42.5 Å². The monoisotopic (exact) mass is 658 g/mol. The molecule has 5 nitrogen and oxygen atoms in total. The Kier molecular flexibility index (Phi) is 9.13. The van der Waals surface area contributed by atoms with Gasteiger partial charge in [0.15, 0.2) is 5.11 Å². The highest BCUT2D eigenvalue weighted by molar-refractivity contribution is 14.1. The molecule has 0 bridgehead atoms. The van der Waals surface area contributed by atoms with Crippen LogP contribution in [0.3, 0.4) is 0 Å². The van der Waals surface area contributed by atoms with Gasteiger partial charge in [0.2, 0.25) is 0 Å². The summed E-state index contributed by atoms with van der Waals surface area (Å²) in [5, 5.41) is 7.63. The molecule has 0 saturated carbocycles. The molecule has 0 aliphatic carbocycles. The van der Waals surface area contributed by atoms with Crippen LogP contribution in [0, 0.1) is 3.57 Å². The molecular weight excluding hydrogens is 638 g/mol. The summed E-state index contributed by atoms with van der Waals surface area (Å²) < 4.78 is 0.906. The molecule has 3 aromatic carbocycles. The summed E-state index contributed by atoms with van der Waals surface area (Å²) in [5.41, 5.74) is 3.17. The van der Waals surface area contributed by atoms with Crippen LogP contribution >= 0.6 is 69.6 Å². The van der Waals surface area contributed by atoms with Crippen molar-refractivity contribution in [2.45, 2.75) is 6.54 Å². The van der Waals surface area contributed by atoms with E-state index in [4.69, 9.17) is 47.0 Å². The van der Waals surface area contributed by atoms with Crippen molar-refractivity contribution in [1.82, 2.24) is 10.2 Å². The van der Waals surface area contributed by atoms with Crippen molar-refractivity contribution in [3.05, 3.63) is 90.4 Å². The van der Waals surface area contributed by atoms with Crippen molar-refractivity contribution >= 4 is 92.0 Å². The van der Waals surface area contributed by atoms with Crippen LogP contribution in [0.15, 0.2) is 60.7 Å². The Morgan fingerprint density at radius 1 is 0.914 bits per heavy atom. The van der Waals surface area contributed by atoms with Gasteiger partial charge < -0.3 is 10.2 Å². The molecule has 182 valence electrons. The molecule has 0 atom stereocenters. The molecule has 1 aliphatic heterocycles. The number of benzene rings is 3. The average Bonchev–Trinajstić information content (AvgIpc) is 2.83. The van der Waals surface area contributed by atoms with E-state index in [0.717, 1.165) is 52.6 Å². The number of rotatable bonds is 5. The third-order valence-corrected chi connectivity index (χ3v) is 7.55. The van der Waals surface area contributed by atoms with Gasteiger partial charge in [0, 0.05) is 47.0 Å². The first-order valence-electron chi connectivity index (χ1n) is 10.9. The lowest BCUT2D eigenvalue weighted by atomic mass is 10.2. The van der Waals surface area contributed by atoms with Crippen molar-refractivity contribution in [2.75, 3.05) is 36.4 Å². The van der Waals surface area contributed by atoms with Crippen LogP contribution < -0.4 is 15.5 Å². The molecular formula is C25H22Cl3IN4OS. The van der Waals surface area contributed by atoms with Crippen LogP contribution in [-0.4, -0.2) is 42.1 Å². The quantitative estimate of drug-likeness (QED) is 0.236. The number of nitrogens with one attached hydrogen (secondary N) is 2. The highest BCUT2D eigenvalue weighted by Gasteiger charge is 2.20. The van der Waals surface area contributed by atoms with Gasteiger partial charge in [-0.15, -0.1) is 0 Å². The van der Waals surface area contributed by atoms with Gasteiger partial charge in [0.25, 0.3) is 5.91 Å². The van der Waals surface area contributed by atoms with Gasteiger partial charge >= 0.3 is 0 Å². The normalized spacial score (nSPS) is 14.0. The molecule has 10 heteroatoms. The van der Waals surface area contributed by atoms with E-state index in [0.29, 0.717) is 21.3 Å². The van der Waals surface area contributed by atoms with Crippen molar-refractivity contribution in [3.8, 4) is 0 Å². The van der Waals surface area contributed by atoms with E-state index in [-0.39, 0.29) is 11.0 Å². The number of thiocarbonyl (C=S) groups is 1. The number of hydrogen-bond acceptors (Lipinski definition) is 4. The van der Waals surface area contributed by atoms with Gasteiger partial charge in [0.05, 0.1) is 21.3 Å². The van der Waals surface area contributed by atoms with E-state index < -0.39 is 0 Å². The van der Waals surface area contributed by atoms with Crippen LogP contribution in [0.4, 0.5) is 11.4 Å². The van der Waals surface area contributed by atoms with E-state index in [1.165, 1.54) is 0 Å². The Labute approximate surface area is 238 Å². The maximum Gasteiger partial charge on any atom is 0.258 e. The van der Waals surface area contributed by atoms with Crippen LogP contribution in [-0.2, 0) is 6.54 Å². The molecule has 0 unspecified atom stereocenters. The van der Waals surface area contributed by atoms with Gasteiger partial charge in [-0.25, -0.2) is 0 Å². The van der Waals surface area contributed by atoms with E-state index in [2.05, 4.69) is 49.1 Å². The second-order valence-electron chi connectivity index (χ2n) is 8.05. The minimum Gasteiger partial charge on any atom is -0.368 e. The van der Waals surface area contributed by atoms with Crippen molar-refractivity contribution < 1.29 is 4.79 Å². The Balaban J connectivity index is 1.32. The molecule has 1 heterocycles. The van der Waals surface area contributed by atoms with E-state index in [1.54, 1.807) is 12.1 Å². The first kappa shape index (κ1) is 26.4. The number of carbonyl (C=O) groups excluding carboxylic acids is 1. The minimum atomic E-state index is -0.372. The van der Waals surface area contributed by atoms with E-state index >= 15 is 0 Å². The van der Waals surface area contributed by atoms with Crippen LogP contribution in [0.25, 0.3) is 0 Å². The fourth-order valence-electron chi connectivity index (χ4n) is 3.86. The average molecular weight is 660 g/mol. The summed E-state index contributed by atoms with van der Waals surface area (Å²) in [6.07, 6.45) is 0. The van der Waals surface area contributed by atoms with Gasteiger partial charge in [-0.3, -0.25) is 15.0 Å². The van der Waals surface area contributed by atoms with Crippen LogP contribution in [0.5, 0.6) is 0 Å². The second kappa shape index (κ2) is 12.1. The molecule has 1 saturated heterocycles. The zero-order valence-corrected chi connectivity index (χ0v) is 23.8. The van der Waals surface area contributed by atoms with Gasteiger partial charge in [-0.2, -0.15) is 0 Å². The maximum atomic E-state index is 12.5. The Hall–Kier alpha value is -1.62. The number of carbonyl (C=O) groups is 1. The molecule has 35 heavy (non-hydrogen) atoms. The third-order valence-electron chi connectivity index (χ3n) is 5.67. The molecule has 0 spiro atoms. The highest BCUT2D eigenvalue weighted by atomic mass is 127. The highest BCUT2D eigenvalue weighted by Crippen LogP contribution is 2.30. The molecule has 4 rings (SSSR count). The summed E-state index contributed by atoms with van der Waals surface area (Å²) >= 11 is 26.5. The predicted octanol–water partition coefficient (Wildman–Crippen LogP) is 6.70. The molecule has 3 aromatic rings. The third kappa shape index (κ3) is 6.99. The minimum absolute atomic E-state index is 0.168. The number of halogens is 4. The van der Waals surface area contributed by atoms with Crippen molar-refractivity contribution in [3.63, 3.8) is 0 Å². The van der Waals surface area contributed by atoms with E-state index in [9.17, 15) is 4.79 Å². The second-order valence-corrected chi connectivity index (χ2v) is 10.9. The summed E-state index contributed by atoms with van der Waals surface area (Å²) in [6, 6.07) is 18.9. The summed E-state index contributed by atoms with van der Waals surface area (Å²) in [6.45, 7) is 4.39. The zero-order chi connectivity index (χ0) is 24.9. The molecule has 0 radical (unpaired) electrons. The Bertz CT molecular complexity index is 1250. The number of hydrogen-bond donors (Lipinski definition) is 2. The predicted molar refractivity (Wildman–Crippen MR) is 158 cm³/mol. The summed E-state index contributed by atoms with van der Waals surface area (Å²) in [7, 11) is 0. The smallest absolute Gasteiger partial charge is 0.258 e. The lowest BCUT2D eigenvalue weighted by Gasteiger charge is -2.36. The number of nitrogens with zero attached hydrogens (tertiary/aromatic N) is 2. The van der Waals surface area contributed by atoms with Gasteiger partial charge in [-0.1, -0.05) is 53.0 Å². The molecule has 1 aliphatic rings. The van der Waals surface area contributed by atoms with Crippen LogP contribution in [0.2, 0.25) is 15.1 Å². The van der Waals surface area contributed by atoms with Crippen LogP contribution in [0.1, 0.15) is 15.9 Å². The fourth-order valence-corrected chi connectivity index (χ4v) is 5.26. The molecule has 1 amide bonds.